The SMILES string of the molecule is CO[C@H]1OC[C@@H](OS(C)(=O)=O)[C@@H](OS(C)(=O)=O)[C@H]1OS(C)(=O)=O. The van der Waals surface area contributed by atoms with Crippen molar-refractivity contribution >= 4 is 30.4 Å². The van der Waals surface area contributed by atoms with Gasteiger partial charge in [0.15, 0.2) is 12.4 Å². The summed E-state index contributed by atoms with van der Waals surface area (Å²) in [6.07, 6.45) is -3.80. The maximum Gasteiger partial charge on any atom is 0.264 e. The van der Waals surface area contributed by atoms with Crippen LogP contribution in [0.3, 0.4) is 0 Å². The molecule has 0 amide bonds. The lowest BCUT2D eigenvalue weighted by molar-refractivity contribution is -0.243. The Hall–Kier alpha value is -0.350. The third-order valence-corrected chi connectivity index (χ3v) is 4.23. The lowest BCUT2D eigenvalue weighted by Crippen LogP contribution is -2.57. The van der Waals surface area contributed by atoms with E-state index >= 15 is 0 Å². The summed E-state index contributed by atoms with van der Waals surface area (Å²) in [6, 6.07) is 0. The molecule has 0 aliphatic carbocycles. The van der Waals surface area contributed by atoms with Gasteiger partial charge >= 0.3 is 0 Å². The molecule has 0 spiro atoms. The standard InChI is InChI=1S/C9H18O11S3/c1-16-9-8(20-23(4,14)15)7(19-22(3,12)13)6(5-17-9)18-21(2,10)11/h6-9H,5H2,1-4H3/t6-,7-,8-,9+/m1/s1. The van der Waals surface area contributed by atoms with Crippen molar-refractivity contribution in [1.29, 1.82) is 0 Å². The van der Waals surface area contributed by atoms with E-state index in [1.165, 1.54) is 7.11 Å². The summed E-state index contributed by atoms with van der Waals surface area (Å²) in [5, 5.41) is 0. The number of hydrogen-bond donors (Lipinski definition) is 0. The highest BCUT2D eigenvalue weighted by Crippen LogP contribution is 2.27. The zero-order valence-electron chi connectivity index (χ0n) is 12.7. The van der Waals surface area contributed by atoms with Gasteiger partial charge in [0.1, 0.15) is 12.2 Å². The van der Waals surface area contributed by atoms with Crippen LogP contribution in [0.15, 0.2) is 0 Å². The molecule has 0 N–H and O–H groups in total. The quantitative estimate of drug-likeness (QED) is 0.439. The van der Waals surface area contributed by atoms with E-state index in [4.69, 9.17) is 22.0 Å². The minimum absolute atomic E-state index is 0.421. The average Bonchev–Trinajstić information content (AvgIpc) is 2.28. The second-order valence-corrected chi connectivity index (χ2v) is 9.61. The Bertz CT molecular complexity index is 708. The van der Waals surface area contributed by atoms with E-state index in [0.29, 0.717) is 6.26 Å². The van der Waals surface area contributed by atoms with Gasteiger partial charge in [-0.25, -0.2) is 0 Å². The molecule has 138 valence electrons. The summed E-state index contributed by atoms with van der Waals surface area (Å²) in [6.45, 7) is -0.421. The predicted octanol–water partition coefficient (Wildman–Crippen LogP) is -1.98. The number of hydrogen-bond acceptors (Lipinski definition) is 11. The Morgan fingerprint density at radius 2 is 1.22 bits per heavy atom. The van der Waals surface area contributed by atoms with Gasteiger partial charge in [-0.2, -0.15) is 25.3 Å². The zero-order chi connectivity index (χ0) is 18.1. The minimum Gasteiger partial charge on any atom is -0.353 e. The molecule has 14 heteroatoms. The summed E-state index contributed by atoms with van der Waals surface area (Å²) in [5.74, 6) is 0. The van der Waals surface area contributed by atoms with Crippen molar-refractivity contribution in [3.63, 3.8) is 0 Å². The van der Waals surface area contributed by atoms with Gasteiger partial charge in [-0.1, -0.05) is 0 Å². The fourth-order valence-electron chi connectivity index (χ4n) is 1.88. The lowest BCUT2D eigenvalue weighted by Gasteiger charge is -2.39. The molecule has 0 aromatic heterocycles. The fourth-order valence-corrected chi connectivity index (χ4v) is 3.73. The Balaban J connectivity index is 3.23. The molecular formula is C9H18O11S3. The van der Waals surface area contributed by atoms with Gasteiger partial charge in [0.2, 0.25) is 0 Å². The third kappa shape index (κ3) is 7.38. The number of methoxy groups -OCH3 is 1. The van der Waals surface area contributed by atoms with Gasteiger partial charge in [-0.3, -0.25) is 12.5 Å². The first-order valence-electron chi connectivity index (χ1n) is 6.01. The average molecular weight is 398 g/mol. The van der Waals surface area contributed by atoms with Crippen molar-refractivity contribution in [3.05, 3.63) is 0 Å². The van der Waals surface area contributed by atoms with Crippen molar-refractivity contribution in [1.82, 2.24) is 0 Å². The van der Waals surface area contributed by atoms with Crippen molar-refractivity contribution in [3.8, 4) is 0 Å². The highest BCUT2D eigenvalue weighted by atomic mass is 32.2. The smallest absolute Gasteiger partial charge is 0.264 e. The molecule has 1 saturated heterocycles. The minimum atomic E-state index is -4.09. The summed E-state index contributed by atoms with van der Waals surface area (Å²) in [4.78, 5) is 0. The van der Waals surface area contributed by atoms with Gasteiger partial charge in [-0.05, 0) is 0 Å². The predicted molar refractivity (Wildman–Crippen MR) is 75.9 cm³/mol. The van der Waals surface area contributed by atoms with Crippen LogP contribution in [0.25, 0.3) is 0 Å². The van der Waals surface area contributed by atoms with Crippen LogP contribution in [-0.2, 0) is 52.4 Å². The Morgan fingerprint density at radius 3 is 1.61 bits per heavy atom. The van der Waals surface area contributed by atoms with Crippen molar-refractivity contribution in [2.45, 2.75) is 24.6 Å². The first kappa shape index (κ1) is 20.7. The van der Waals surface area contributed by atoms with Crippen LogP contribution >= 0.6 is 0 Å². The van der Waals surface area contributed by atoms with Gasteiger partial charge < -0.3 is 9.47 Å². The van der Waals surface area contributed by atoms with Gasteiger partial charge in [0.05, 0.1) is 25.4 Å². The van der Waals surface area contributed by atoms with Crippen LogP contribution in [-0.4, -0.2) is 82.3 Å². The second kappa shape index (κ2) is 7.26. The maximum absolute atomic E-state index is 11.4. The van der Waals surface area contributed by atoms with Crippen molar-refractivity contribution in [2.24, 2.45) is 0 Å². The summed E-state index contributed by atoms with van der Waals surface area (Å²) >= 11 is 0. The number of ether oxygens (including phenoxy) is 2. The van der Waals surface area contributed by atoms with Crippen LogP contribution in [0.4, 0.5) is 0 Å². The first-order valence-corrected chi connectivity index (χ1v) is 11.5. The van der Waals surface area contributed by atoms with Gasteiger partial charge in [-0.15, -0.1) is 0 Å². The van der Waals surface area contributed by atoms with E-state index in [2.05, 4.69) is 0 Å². The van der Waals surface area contributed by atoms with Gasteiger partial charge in [0.25, 0.3) is 30.4 Å². The first-order chi connectivity index (χ1) is 10.2. The highest BCUT2D eigenvalue weighted by Gasteiger charge is 2.48. The fraction of sp³-hybridized carbons (Fsp3) is 1.00. The molecule has 1 aliphatic rings. The molecule has 0 radical (unpaired) electrons. The third-order valence-electron chi connectivity index (χ3n) is 2.49. The van der Waals surface area contributed by atoms with Crippen LogP contribution < -0.4 is 0 Å². The molecule has 0 bridgehead atoms. The topological polar surface area (TPSA) is 149 Å². The van der Waals surface area contributed by atoms with Crippen LogP contribution in [0.1, 0.15) is 0 Å². The molecule has 1 rings (SSSR count). The summed E-state index contributed by atoms with van der Waals surface area (Å²) in [7, 11) is -11.0. The van der Waals surface area contributed by atoms with Gasteiger partial charge in [0, 0.05) is 7.11 Å². The molecule has 0 saturated carbocycles. The molecule has 4 atom stereocenters. The van der Waals surface area contributed by atoms with E-state index in [-0.39, 0.29) is 0 Å². The van der Waals surface area contributed by atoms with Crippen molar-refractivity contribution < 1.29 is 47.3 Å². The molecule has 1 aliphatic heterocycles. The molecule has 0 unspecified atom stereocenters. The molecule has 11 nitrogen and oxygen atoms in total. The van der Waals surface area contributed by atoms with Crippen LogP contribution in [0.5, 0.6) is 0 Å². The summed E-state index contributed by atoms with van der Waals surface area (Å²) < 4.78 is 92.3. The Morgan fingerprint density at radius 1 is 0.783 bits per heavy atom. The summed E-state index contributed by atoms with van der Waals surface area (Å²) in [5.41, 5.74) is 0. The van der Waals surface area contributed by atoms with E-state index in [1.54, 1.807) is 0 Å². The van der Waals surface area contributed by atoms with E-state index in [0.717, 1.165) is 12.5 Å². The largest absolute Gasteiger partial charge is 0.353 e. The van der Waals surface area contributed by atoms with Crippen LogP contribution in [0.2, 0.25) is 0 Å². The Kier molecular flexibility index (Phi) is 6.54. The highest BCUT2D eigenvalue weighted by molar-refractivity contribution is 7.86. The van der Waals surface area contributed by atoms with Crippen LogP contribution in [0, 0.1) is 0 Å². The van der Waals surface area contributed by atoms with E-state index in [9.17, 15) is 25.3 Å². The second-order valence-electron chi connectivity index (χ2n) is 4.81. The zero-order valence-corrected chi connectivity index (χ0v) is 15.2. The molecule has 1 fully saturated rings. The van der Waals surface area contributed by atoms with E-state index < -0.39 is 61.6 Å². The van der Waals surface area contributed by atoms with E-state index in [1.807, 2.05) is 0 Å². The maximum atomic E-state index is 11.4. The van der Waals surface area contributed by atoms with Crippen molar-refractivity contribution in [2.75, 3.05) is 32.5 Å². The normalized spacial score (nSPS) is 30.3. The molecule has 23 heavy (non-hydrogen) atoms. The monoisotopic (exact) mass is 398 g/mol. The molecule has 0 aromatic carbocycles. The molecule has 1 heterocycles. The lowest BCUT2D eigenvalue weighted by atomic mass is 10.1. The molecular weight excluding hydrogens is 380 g/mol. The molecule has 0 aromatic rings. The Labute approximate surface area is 135 Å². The number of rotatable bonds is 7.